The van der Waals surface area contributed by atoms with Crippen molar-refractivity contribution in [1.82, 2.24) is 4.90 Å². The first kappa shape index (κ1) is 20.3. The quantitative estimate of drug-likeness (QED) is 0.652. The zero-order valence-electron chi connectivity index (χ0n) is 18.8. The maximum atomic E-state index is 12.4. The lowest BCUT2D eigenvalue weighted by molar-refractivity contribution is -0.215. The van der Waals surface area contributed by atoms with E-state index in [0.717, 1.165) is 36.2 Å². The molecule has 0 aromatic heterocycles. The molecule has 3 fully saturated rings. The number of likely N-dealkylation sites (tertiary alicyclic amines) is 1. The highest BCUT2D eigenvalue weighted by molar-refractivity contribution is 5.63. The van der Waals surface area contributed by atoms with Gasteiger partial charge in [-0.15, -0.1) is 0 Å². The van der Waals surface area contributed by atoms with Gasteiger partial charge in [0.25, 0.3) is 0 Å². The maximum absolute atomic E-state index is 12.4. The minimum atomic E-state index is -1.06. The van der Waals surface area contributed by atoms with Crippen molar-refractivity contribution in [1.29, 1.82) is 0 Å². The fraction of sp³-hybridized carbons (Fsp3) is 0.556. The molecule has 7 rings (SSSR count). The molecule has 5 aliphatic rings. The van der Waals surface area contributed by atoms with Gasteiger partial charge >= 0.3 is 0 Å². The molecule has 1 saturated heterocycles. The Bertz CT molecular complexity index is 1090. The third-order valence-electron chi connectivity index (χ3n) is 9.07. The van der Waals surface area contributed by atoms with Gasteiger partial charge in [0.15, 0.2) is 11.5 Å². The highest BCUT2D eigenvalue weighted by atomic mass is 16.5. The summed E-state index contributed by atoms with van der Waals surface area (Å²) in [5.41, 5.74) is 7.91. The van der Waals surface area contributed by atoms with Crippen molar-refractivity contribution in [2.75, 3.05) is 13.1 Å². The van der Waals surface area contributed by atoms with Crippen LogP contribution in [0.25, 0.3) is 0 Å². The Morgan fingerprint density at radius 3 is 2.70 bits per heavy atom. The Balaban J connectivity index is 1.34. The Kier molecular flexibility index (Phi) is 4.27. The van der Waals surface area contributed by atoms with Crippen molar-refractivity contribution in [2.24, 2.45) is 11.7 Å². The average Bonchev–Trinajstić information content (AvgIpc) is 3.56. The minimum Gasteiger partial charge on any atom is -0.485 e. The molecule has 4 N–H and O–H groups in total. The summed E-state index contributed by atoms with van der Waals surface area (Å²) in [7, 11) is 0. The minimum absolute atomic E-state index is 0.154. The van der Waals surface area contributed by atoms with Gasteiger partial charge in [0, 0.05) is 18.2 Å². The number of ether oxygens (including phenoxy) is 2. The van der Waals surface area contributed by atoms with Crippen LogP contribution in [0, 0.1) is 5.92 Å². The van der Waals surface area contributed by atoms with Gasteiger partial charge in [0.2, 0.25) is 0 Å². The maximum Gasteiger partial charge on any atom is 0.166 e. The Morgan fingerprint density at radius 2 is 1.91 bits per heavy atom. The van der Waals surface area contributed by atoms with Crippen LogP contribution in [0.5, 0.6) is 11.5 Å². The summed E-state index contributed by atoms with van der Waals surface area (Å²) in [5, 5.41) is 24.1. The van der Waals surface area contributed by atoms with Gasteiger partial charge in [0.05, 0.1) is 23.2 Å². The molecule has 3 aliphatic carbocycles. The van der Waals surface area contributed by atoms with Crippen molar-refractivity contribution in [3.05, 3.63) is 59.2 Å². The van der Waals surface area contributed by atoms with E-state index >= 15 is 0 Å². The van der Waals surface area contributed by atoms with Crippen LogP contribution >= 0.6 is 0 Å². The van der Waals surface area contributed by atoms with E-state index < -0.39 is 17.1 Å². The summed E-state index contributed by atoms with van der Waals surface area (Å²) in [6.45, 7) is 2.24. The predicted molar refractivity (Wildman–Crippen MR) is 123 cm³/mol. The number of aliphatic hydroxyl groups excluding tert-OH is 1. The van der Waals surface area contributed by atoms with E-state index in [9.17, 15) is 10.2 Å². The fourth-order valence-corrected chi connectivity index (χ4v) is 7.42. The predicted octanol–water partition coefficient (Wildman–Crippen LogP) is 2.65. The number of benzene rings is 2. The highest BCUT2D eigenvalue weighted by Crippen LogP contribution is 2.67. The lowest BCUT2D eigenvalue weighted by Crippen LogP contribution is -2.78. The molecule has 6 atom stereocenters. The number of nitrogens with two attached hydrogens (primary N) is 1. The molecule has 2 aromatic rings. The van der Waals surface area contributed by atoms with Gasteiger partial charge < -0.3 is 25.4 Å². The van der Waals surface area contributed by atoms with Gasteiger partial charge in [-0.05, 0) is 61.8 Å². The first-order chi connectivity index (χ1) is 16.0. The van der Waals surface area contributed by atoms with Crippen LogP contribution in [0.1, 0.15) is 54.9 Å². The summed E-state index contributed by atoms with van der Waals surface area (Å²) in [4.78, 5) is 2.36. The summed E-state index contributed by atoms with van der Waals surface area (Å²) in [5.74, 6) is 2.04. The van der Waals surface area contributed by atoms with Gasteiger partial charge in [-0.1, -0.05) is 36.4 Å². The monoisotopic (exact) mass is 448 g/mol. The van der Waals surface area contributed by atoms with Crippen LogP contribution in [0.4, 0.5) is 0 Å². The molecule has 1 spiro atoms. The standard InChI is InChI=1S/C27H32N2O4/c28-19-10-11-27(31)24-22(30)18-8-9-20(32-15-17-4-2-1-3-5-17)23-21(18)26(27,25(19)33-23)12-13-29(24)14-16-6-7-16/h1-5,8-9,16,19,22,24-25,30-31H,6-7,10-15,28H2/t19-,22+,24-,25+,26+,27-/m1/s1. The van der Waals surface area contributed by atoms with E-state index in [-0.39, 0.29) is 18.2 Å². The first-order valence-electron chi connectivity index (χ1n) is 12.4. The topological polar surface area (TPSA) is 88.2 Å². The molecule has 0 amide bonds. The molecule has 2 aliphatic heterocycles. The lowest BCUT2D eigenvalue weighted by atomic mass is 9.48. The second-order valence-electron chi connectivity index (χ2n) is 10.8. The Hall–Kier alpha value is -2.12. The first-order valence-corrected chi connectivity index (χ1v) is 12.4. The summed E-state index contributed by atoms with van der Waals surface area (Å²) < 4.78 is 12.8. The molecular formula is C27H32N2O4. The van der Waals surface area contributed by atoms with E-state index in [0.29, 0.717) is 36.9 Å². The lowest BCUT2D eigenvalue weighted by Gasteiger charge is -2.65. The molecule has 6 heteroatoms. The molecule has 2 saturated carbocycles. The molecule has 2 aromatic carbocycles. The van der Waals surface area contributed by atoms with Crippen molar-refractivity contribution in [2.45, 2.75) is 74.0 Å². The average molecular weight is 449 g/mol. The summed E-state index contributed by atoms with van der Waals surface area (Å²) in [6.07, 6.45) is 3.52. The van der Waals surface area contributed by atoms with Crippen LogP contribution in [0.3, 0.4) is 0 Å². The molecule has 2 heterocycles. The van der Waals surface area contributed by atoms with E-state index in [4.69, 9.17) is 15.2 Å². The van der Waals surface area contributed by atoms with Crippen LogP contribution in [0.2, 0.25) is 0 Å². The van der Waals surface area contributed by atoms with E-state index in [1.807, 2.05) is 42.5 Å². The largest absolute Gasteiger partial charge is 0.485 e. The third-order valence-corrected chi connectivity index (χ3v) is 9.07. The SMILES string of the molecule is N[C@@H]1CC[C@@]2(O)[C@H]3[C@@H](O)c4ccc(OCc5ccccc5)c5c4[C@@]2(CCN3CC2CC2)[C@H]1O5. The highest BCUT2D eigenvalue weighted by Gasteiger charge is 2.74. The van der Waals surface area contributed by atoms with Crippen molar-refractivity contribution in [3.8, 4) is 11.5 Å². The molecular weight excluding hydrogens is 416 g/mol. The van der Waals surface area contributed by atoms with Crippen LogP contribution in [-0.4, -0.2) is 52.0 Å². The van der Waals surface area contributed by atoms with Gasteiger partial charge in [-0.25, -0.2) is 0 Å². The Labute approximate surface area is 194 Å². The van der Waals surface area contributed by atoms with Crippen molar-refractivity contribution < 1.29 is 19.7 Å². The fourth-order valence-electron chi connectivity index (χ4n) is 7.42. The van der Waals surface area contributed by atoms with Gasteiger partial charge in [-0.3, -0.25) is 4.90 Å². The van der Waals surface area contributed by atoms with E-state index in [1.54, 1.807) is 0 Å². The number of piperidine rings is 1. The second kappa shape index (κ2) is 6.95. The number of hydrogen-bond donors (Lipinski definition) is 3. The zero-order chi connectivity index (χ0) is 22.4. The third kappa shape index (κ3) is 2.64. The van der Waals surface area contributed by atoms with Crippen molar-refractivity contribution >= 4 is 0 Å². The molecule has 33 heavy (non-hydrogen) atoms. The van der Waals surface area contributed by atoms with Crippen LogP contribution < -0.4 is 15.2 Å². The van der Waals surface area contributed by atoms with E-state index in [2.05, 4.69) is 4.90 Å². The normalized spacial score (nSPS) is 38.5. The van der Waals surface area contributed by atoms with Gasteiger partial charge in [0.1, 0.15) is 12.7 Å². The summed E-state index contributed by atoms with van der Waals surface area (Å²) in [6, 6.07) is 13.5. The zero-order valence-corrected chi connectivity index (χ0v) is 18.8. The second-order valence-corrected chi connectivity index (χ2v) is 10.8. The number of rotatable bonds is 5. The molecule has 0 radical (unpaired) electrons. The molecule has 174 valence electrons. The number of hydrogen-bond acceptors (Lipinski definition) is 6. The number of aliphatic hydroxyl groups is 2. The van der Waals surface area contributed by atoms with E-state index in [1.165, 1.54) is 12.8 Å². The summed E-state index contributed by atoms with van der Waals surface area (Å²) >= 11 is 0. The Morgan fingerprint density at radius 1 is 1.09 bits per heavy atom. The number of nitrogens with zero attached hydrogens (tertiary/aromatic N) is 1. The molecule has 2 bridgehead atoms. The van der Waals surface area contributed by atoms with Crippen molar-refractivity contribution in [3.63, 3.8) is 0 Å². The molecule has 6 nitrogen and oxygen atoms in total. The van der Waals surface area contributed by atoms with Gasteiger partial charge in [-0.2, -0.15) is 0 Å². The van der Waals surface area contributed by atoms with Crippen LogP contribution in [0.15, 0.2) is 42.5 Å². The van der Waals surface area contributed by atoms with Crippen LogP contribution in [-0.2, 0) is 12.0 Å². The smallest absolute Gasteiger partial charge is 0.166 e. The molecule has 0 unspecified atom stereocenters.